The Hall–Kier alpha value is -1.17. The second kappa shape index (κ2) is 5.00. The summed E-state index contributed by atoms with van der Waals surface area (Å²) in [5, 5.41) is 20.5. The van der Waals surface area contributed by atoms with E-state index in [1.54, 1.807) is 13.8 Å². The Balaban J connectivity index is 3.29. The van der Waals surface area contributed by atoms with Gasteiger partial charge in [-0.2, -0.15) is 0 Å². The van der Waals surface area contributed by atoms with Gasteiger partial charge in [-0.25, -0.2) is 0 Å². The third-order valence-electron chi connectivity index (χ3n) is 2.77. The molecule has 0 aliphatic carbocycles. The van der Waals surface area contributed by atoms with Gasteiger partial charge in [0.25, 0.3) is 5.69 Å². The molecule has 17 heavy (non-hydrogen) atoms. The maximum Gasteiger partial charge on any atom is 0.274 e. The highest BCUT2D eigenvalue weighted by molar-refractivity contribution is 6.30. The fourth-order valence-electron chi connectivity index (χ4n) is 1.46. The van der Waals surface area contributed by atoms with Crippen LogP contribution in [0.25, 0.3) is 0 Å². The van der Waals surface area contributed by atoms with Crippen molar-refractivity contribution in [2.45, 2.75) is 19.9 Å². The first kappa shape index (κ1) is 13.9. The van der Waals surface area contributed by atoms with E-state index in [0.29, 0.717) is 10.6 Å². The van der Waals surface area contributed by atoms with Crippen molar-refractivity contribution in [1.29, 1.82) is 0 Å². The minimum Gasteiger partial charge on any atom is -0.396 e. The molecule has 1 atom stereocenters. The van der Waals surface area contributed by atoms with Crippen molar-refractivity contribution in [3.05, 3.63) is 38.9 Å². The first-order valence-electron chi connectivity index (χ1n) is 5.10. The third kappa shape index (κ3) is 2.94. The van der Waals surface area contributed by atoms with Gasteiger partial charge in [0.05, 0.1) is 4.92 Å². The third-order valence-corrected chi connectivity index (χ3v) is 3.01. The molecule has 0 aromatic heterocycles. The van der Waals surface area contributed by atoms with Gasteiger partial charge < -0.3 is 10.8 Å². The highest BCUT2D eigenvalue weighted by Gasteiger charge is 2.31. The second-order valence-corrected chi connectivity index (χ2v) is 5.02. The van der Waals surface area contributed by atoms with E-state index in [1.807, 2.05) is 0 Å². The van der Waals surface area contributed by atoms with Crippen LogP contribution in [0.5, 0.6) is 0 Å². The molecule has 1 aromatic rings. The number of aliphatic hydroxyl groups excluding tert-OH is 1. The van der Waals surface area contributed by atoms with Crippen LogP contribution in [0.1, 0.15) is 25.5 Å². The van der Waals surface area contributed by atoms with Crippen LogP contribution >= 0.6 is 11.6 Å². The Bertz CT molecular complexity index is 435. The van der Waals surface area contributed by atoms with E-state index >= 15 is 0 Å². The molecule has 5 nitrogen and oxygen atoms in total. The number of aliphatic hydroxyl groups is 1. The lowest BCUT2D eigenvalue weighted by Gasteiger charge is -2.29. The molecule has 0 unspecified atom stereocenters. The van der Waals surface area contributed by atoms with Crippen LogP contribution in [0.4, 0.5) is 5.69 Å². The van der Waals surface area contributed by atoms with Gasteiger partial charge >= 0.3 is 0 Å². The average Bonchev–Trinajstić information content (AvgIpc) is 2.27. The average molecular weight is 259 g/mol. The molecule has 94 valence electrons. The zero-order valence-corrected chi connectivity index (χ0v) is 10.4. The minimum absolute atomic E-state index is 0.0802. The predicted octanol–water partition coefficient (Wildman–Crippen LogP) is 2.27. The molecule has 0 spiro atoms. The Morgan fingerprint density at radius 1 is 1.59 bits per heavy atom. The number of nitrogens with two attached hydrogens (primary N) is 1. The van der Waals surface area contributed by atoms with E-state index in [4.69, 9.17) is 17.3 Å². The summed E-state index contributed by atoms with van der Waals surface area (Å²) in [5.41, 5.74) is 5.57. The summed E-state index contributed by atoms with van der Waals surface area (Å²) in [6.45, 7) is 3.31. The number of halogens is 1. The zero-order valence-electron chi connectivity index (χ0n) is 9.68. The lowest BCUT2D eigenvalue weighted by atomic mass is 9.81. The van der Waals surface area contributed by atoms with Gasteiger partial charge in [-0.05, 0) is 12.1 Å². The molecule has 3 N–H and O–H groups in total. The first-order chi connectivity index (χ1) is 7.79. The summed E-state index contributed by atoms with van der Waals surface area (Å²) in [7, 11) is 0. The molecule has 0 heterocycles. The van der Waals surface area contributed by atoms with Crippen molar-refractivity contribution < 1.29 is 10.0 Å². The van der Waals surface area contributed by atoms with Crippen molar-refractivity contribution in [1.82, 2.24) is 0 Å². The highest BCUT2D eigenvalue weighted by Crippen LogP contribution is 2.36. The Kier molecular flexibility index (Phi) is 4.08. The molecule has 1 aromatic carbocycles. The van der Waals surface area contributed by atoms with Crippen LogP contribution in [-0.2, 0) is 0 Å². The molecule has 6 heteroatoms. The standard InChI is InChI=1S/C11H15ClN2O3/c1-11(2,6-15)10(13)8-5-7(12)3-4-9(8)14(16)17/h3-5,10,15H,6,13H2,1-2H3/t10-/m1/s1. The molecule has 0 saturated carbocycles. The number of hydrogen-bond acceptors (Lipinski definition) is 4. The van der Waals surface area contributed by atoms with Gasteiger partial charge in [-0.15, -0.1) is 0 Å². The molecule has 0 bridgehead atoms. The van der Waals surface area contributed by atoms with E-state index in [0.717, 1.165) is 0 Å². The number of rotatable bonds is 4. The van der Waals surface area contributed by atoms with Crippen molar-refractivity contribution in [3.63, 3.8) is 0 Å². The van der Waals surface area contributed by atoms with Gasteiger partial charge in [0.2, 0.25) is 0 Å². The Morgan fingerprint density at radius 3 is 2.65 bits per heavy atom. The first-order valence-corrected chi connectivity index (χ1v) is 5.47. The molecule has 1 rings (SSSR count). The highest BCUT2D eigenvalue weighted by atomic mass is 35.5. The molecule has 0 aliphatic rings. The second-order valence-electron chi connectivity index (χ2n) is 4.58. The molecular formula is C11H15ClN2O3. The van der Waals surface area contributed by atoms with Crippen LogP contribution in [0, 0.1) is 15.5 Å². The summed E-state index contributed by atoms with van der Waals surface area (Å²) < 4.78 is 0. The summed E-state index contributed by atoms with van der Waals surface area (Å²) in [6, 6.07) is 3.58. The van der Waals surface area contributed by atoms with Crippen LogP contribution in [-0.4, -0.2) is 16.6 Å². The van der Waals surface area contributed by atoms with Gasteiger partial charge in [-0.1, -0.05) is 25.4 Å². The number of nitro benzene ring substituents is 1. The van der Waals surface area contributed by atoms with Crippen LogP contribution in [0.15, 0.2) is 18.2 Å². The van der Waals surface area contributed by atoms with Gasteiger partial charge in [0.15, 0.2) is 0 Å². The molecular weight excluding hydrogens is 244 g/mol. The maximum atomic E-state index is 10.9. The Labute approximate surface area is 104 Å². The number of nitro groups is 1. The van der Waals surface area contributed by atoms with Gasteiger partial charge in [-0.3, -0.25) is 10.1 Å². The van der Waals surface area contributed by atoms with Crippen LogP contribution in [0.3, 0.4) is 0 Å². The SMILES string of the molecule is CC(C)(CO)[C@H](N)c1cc(Cl)ccc1[N+](=O)[O-]. The minimum atomic E-state index is -0.661. The summed E-state index contributed by atoms with van der Waals surface area (Å²) >= 11 is 5.82. The predicted molar refractivity (Wildman–Crippen MR) is 65.9 cm³/mol. The van der Waals surface area contributed by atoms with Crippen molar-refractivity contribution in [2.75, 3.05) is 6.61 Å². The lowest BCUT2D eigenvalue weighted by molar-refractivity contribution is -0.385. The summed E-state index contributed by atoms with van der Waals surface area (Å²) in [4.78, 5) is 10.4. The zero-order chi connectivity index (χ0) is 13.2. The summed E-state index contributed by atoms with van der Waals surface area (Å²) in [5.74, 6) is 0. The van der Waals surface area contributed by atoms with E-state index < -0.39 is 16.4 Å². The van der Waals surface area contributed by atoms with Gasteiger partial charge in [0.1, 0.15) is 0 Å². The van der Waals surface area contributed by atoms with Gasteiger partial charge in [0, 0.05) is 34.7 Å². The quantitative estimate of drug-likeness (QED) is 0.640. The maximum absolute atomic E-state index is 10.9. The number of nitrogens with zero attached hydrogens (tertiary/aromatic N) is 1. The number of benzene rings is 1. The van der Waals surface area contributed by atoms with E-state index in [2.05, 4.69) is 0 Å². The normalized spacial score (nSPS) is 13.5. The topological polar surface area (TPSA) is 89.4 Å². The molecule has 0 aliphatic heterocycles. The molecule has 0 radical (unpaired) electrons. The van der Waals surface area contributed by atoms with E-state index in [1.165, 1.54) is 18.2 Å². The van der Waals surface area contributed by atoms with Crippen LogP contribution in [0.2, 0.25) is 5.02 Å². The largest absolute Gasteiger partial charge is 0.396 e. The van der Waals surface area contributed by atoms with Crippen LogP contribution < -0.4 is 5.73 Å². The van der Waals surface area contributed by atoms with E-state index in [9.17, 15) is 15.2 Å². The molecule has 0 fully saturated rings. The smallest absolute Gasteiger partial charge is 0.274 e. The molecule has 0 saturated heterocycles. The lowest BCUT2D eigenvalue weighted by Crippen LogP contribution is -2.32. The monoisotopic (exact) mass is 258 g/mol. The Morgan fingerprint density at radius 2 is 2.18 bits per heavy atom. The van der Waals surface area contributed by atoms with E-state index in [-0.39, 0.29) is 12.3 Å². The fraction of sp³-hybridized carbons (Fsp3) is 0.455. The summed E-state index contributed by atoms with van der Waals surface area (Å²) in [6.07, 6.45) is 0. The fourth-order valence-corrected chi connectivity index (χ4v) is 1.64. The van der Waals surface area contributed by atoms with Crippen molar-refractivity contribution >= 4 is 17.3 Å². The van der Waals surface area contributed by atoms with Crippen molar-refractivity contribution in [3.8, 4) is 0 Å². The number of hydrogen-bond donors (Lipinski definition) is 2. The van der Waals surface area contributed by atoms with Crippen molar-refractivity contribution in [2.24, 2.45) is 11.1 Å². The molecule has 0 amide bonds.